The Bertz CT molecular complexity index is 832. The summed E-state index contributed by atoms with van der Waals surface area (Å²) >= 11 is 0. The number of carbonyl (C=O) groups is 1. The first-order valence-electron chi connectivity index (χ1n) is 7.92. The van der Waals surface area contributed by atoms with E-state index in [1.165, 1.54) is 19.2 Å². The Labute approximate surface area is 148 Å². The molecule has 1 amide bonds. The van der Waals surface area contributed by atoms with Crippen LogP contribution in [0, 0.1) is 6.92 Å². The predicted molar refractivity (Wildman–Crippen MR) is 97.4 cm³/mol. The van der Waals surface area contributed by atoms with Crippen LogP contribution in [0.4, 0.5) is 5.69 Å². The van der Waals surface area contributed by atoms with Gasteiger partial charge in [0.1, 0.15) is 12.3 Å². The first-order valence-corrected chi connectivity index (χ1v) is 9.36. The fourth-order valence-corrected chi connectivity index (χ4v) is 3.72. The molecular formula is C18H22N2O4S. The van der Waals surface area contributed by atoms with E-state index in [1.807, 2.05) is 13.8 Å². The summed E-state index contributed by atoms with van der Waals surface area (Å²) in [5.74, 6) is -0.00780. The van der Waals surface area contributed by atoms with Crippen molar-refractivity contribution in [3.05, 3.63) is 54.1 Å². The van der Waals surface area contributed by atoms with Gasteiger partial charge in [-0.2, -0.15) is 0 Å². The van der Waals surface area contributed by atoms with Gasteiger partial charge < -0.3 is 10.1 Å². The van der Waals surface area contributed by atoms with Crippen LogP contribution in [0.1, 0.15) is 12.5 Å². The third-order valence-electron chi connectivity index (χ3n) is 3.61. The average Bonchev–Trinajstić information content (AvgIpc) is 2.60. The number of hydrogen-bond acceptors (Lipinski definition) is 4. The monoisotopic (exact) mass is 362 g/mol. The zero-order chi connectivity index (χ0) is 18.4. The number of rotatable bonds is 7. The highest BCUT2D eigenvalue weighted by molar-refractivity contribution is 7.92. The molecule has 2 aromatic carbocycles. The number of sulfonamides is 1. The fraction of sp³-hybridized carbons (Fsp3) is 0.278. The van der Waals surface area contributed by atoms with Crippen molar-refractivity contribution in [3.8, 4) is 5.75 Å². The maximum absolute atomic E-state index is 13.1. The van der Waals surface area contributed by atoms with Crippen LogP contribution < -0.4 is 14.4 Å². The number of carbonyl (C=O) groups excluding carboxylic acids is 1. The minimum absolute atomic E-state index is 0.119. The molecule has 0 aliphatic rings. The van der Waals surface area contributed by atoms with Gasteiger partial charge in [-0.1, -0.05) is 29.8 Å². The molecule has 0 unspecified atom stereocenters. The van der Waals surface area contributed by atoms with Crippen molar-refractivity contribution in [3.63, 3.8) is 0 Å². The quantitative estimate of drug-likeness (QED) is 0.820. The number of anilines is 1. The van der Waals surface area contributed by atoms with Gasteiger partial charge in [0.2, 0.25) is 5.91 Å². The van der Waals surface area contributed by atoms with Gasteiger partial charge in [-0.3, -0.25) is 9.10 Å². The molecule has 0 saturated heterocycles. The molecule has 2 aromatic rings. The molecule has 0 aliphatic heterocycles. The second kappa shape index (κ2) is 8.02. The second-order valence-electron chi connectivity index (χ2n) is 5.40. The minimum atomic E-state index is -3.92. The lowest BCUT2D eigenvalue weighted by Gasteiger charge is -2.25. The van der Waals surface area contributed by atoms with E-state index in [0.717, 1.165) is 9.87 Å². The third kappa shape index (κ3) is 4.30. The van der Waals surface area contributed by atoms with Gasteiger partial charge in [-0.05, 0) is 38.1 Å². The van der Waals surface area contributed by atoms with Gasteiger partial charge >= 0.3 is 0 Å². The Kier molecular flexibility index (Phi) is 6.03. The Hall–Kier alpha value is -2.54. The first-order chi connectivity index (χ1) is 11.9. The molecular weight excluding hydrogens is 340 g/mol. The molecule has 2 rings (SSSR count). The molecule has 0 aromatic heterocycles. The number of nitrogens with zero attached hydrogens (tertiary/aromatic N) is 1. The molecule has 134 valence electrons. The van der Waals surface area contributed by atoms with Crippen molar-refractivity contribution in [2.45, 2.75) is 18.7 Å². The lowest BCUT2D eigenvalue weighted by Crippen LogP contribution is -2.40. The highest BCUT2D eigenvalue weighted by Gasteiger charge is 2.29. The number of para-hydroxylation sites is 2. The Balaban J connectivity index is 2.56. The zero-order valence-electron chi connectivity index (χ0n) is 14.5. The van der Waals surface area contributed by atoms with E-state index in [-0.39, 0.29) is 11.4 Å². The summed E-state index contributed by atoms with van der Waals surface area (Å²) in [4.78, 5) is 12.1. The van der Waals surface area contributed by atoms with E-state index < -0.39 is 15.9 Å². The van der Waals surface area contributed by atoms with Crippen molar-refractivity contribution in [1.29, 1.82) is 0 Å². The topological polar surface area (TPSA) is 75.7 Å². The van der Waals surface area contributed by atoms with Gasteiger partial charge in [0.25, 0.3) is 10.0 Å². The lowest BCUT2D eigenvalue weighted by atomic mass is 10.2. The van der Waals surface area contributed by atoms with E-state index in [2.05, 4.69) is 5.32 Å². The SMILES string of the molecule is CCOc1ccccc1N(CC(=O)NC)S(=O)(=O)c1ccc(C)cc1. The minimum Gasteiger partial charge on any atom is -0.492 e. The molecule has 1 N–H and O–H groups in total. The zero-order valence-corrected chi connectivity index (χ0v) is 15.3. The Morgan fingerprint density at radius 2 is 1.76 bits per heavy atom. The highest BCUT2D eigenvalue weighted by Crippen LogP contribution is 2.32. The van der Waals surface area contributed by atoms with Crippen LogP contribution in [-0.4, -0.2) is 34.5 Å². The number of benzene rings is 2. The molecule has 0 radical (unpaired) electrons. The van der Waals surface area contributed by atoms with Crippen LogP contribution in [0.3, 0.4) is 0 Å². The number of ether oxygens (including phenoxy) is 1. The summed E-state index contributed by atoms with van der Waals surface area (Å²) in [7, 11) is -2.46. The number of aryl methyl sites for hydroxylation is 1. The van der Waals surface area contributed by atoms with Crippen LogP contribution in [0.25, 0.3) is 0 Å². The van der Waals surface area contributed by atoms with E-state index >= 15 is 0 Å². The van der Waals surface area contributed by atoms with Gasteiger partial charge in [-0.15, -0.1) is 0 Å². The fourth-order valence-electron chi connectivity index (χ4n) is 2.29. The average molecular weight is 362 g/mol. The smallest absolute Gasteiger partial charge is 0.264 e. The molecule has 0 fully saturated rings. The summed E-state index contributed by atoms with van der Waals surface area (Å²) in [6, 6.07) is 13.3. The van der Waals surface area contributed by atoms with Crippen molar-refractivity contribution in [2.75, 3.05) is 24.5 Å². The van der Waals surface area contributed by atoms with E-state index in [0.29, 0.717) is 18.0 Å². The normalized spacial score (nSPS) is 11.0. The summed E-state index contributed by atoms with van der Waals surface area (Å²) in [5.41, 5.74) is 1.28. The van der Waals surface area contributed by atoms with Crippen molar-refractivity contribution in [2.24, 2.45) is 0 Å². The van der Waals surface area contributed by atoms with Crippen LogP contribution in [0.15, 0.2) is 53.4 Å². The summed E-state index contributed by atoms with van der Waals surface area (Å²) in [5, 5.41) is 2.46. The summed E-state index contributed by atoms with van der Waals surface area (Å²) in [6.07, 6.45) is 0. The summed E-state index contributed by atoms with van der Waals surface area (Å²) < 4.78 is 32.9. The van der Waals surface area contributed by atoms with Gasteiger partial charge in [-0.25, -0.2) is 8.42 Å². The number of amides is 1. The van der Waals surface area contributed by atoms with Gasteiger partial charge in [0, 0.05) is 7.05 Å². The molecule has 0 atom stereocenters. The van der Waals surface area contributed by atoms with E-state index in [1.54, 1.807) is 36.4 Å². The molecule has 7 heteroatoms. The number of hydrogen-bond donors (Lipinski definition) is 1. The first kappa shape index (κ1) is 18.8. The standard InChI is InChI=1S/C18H22N2O4S/c1-4-24-17-8-6-5-7-16(17)20(13-18(21)19-3)25(22,23)15-11-9-14(2)10-12-15/h5-12H,4,13H2,1-3H3,(H,19,21). The van der Waals surface area contributed by atoms with Crippen LogP contribution in [0.2, 0.25) is 0 Å². The molecule has 0 heterocycles. The molecule has 0 bridgehead atoms. The largest absolute Gasteiger partial charge is 0.492 e. The highest BCUT2D eigenvalue weighted by atomic mass is 32.2. The molecule has 0 saturated carbocycles. The van der Waals surface area contributed by atoms with Crippen LogP contribution in [-0.2, 0) is 14.8 Å². The summed E-state index contributed by atoms with van der Waals surface area (Å²) in [6.45, 7) is 3.74. The Morgan fingerprint density at radius 3 is 2.36 bits per heavy atom. The van der Waals surface area contributed by atoms with Gasteiger partial charge in [0.05, 0.1) is 17.2 Å². The maximum atomic E-state index is 13.1. The number of nitrogens with one attached hydrogen (secondary N) is 1. The lowest BCUT2D eigenvalue weighted by molar-refractivity contribution is -0.119. The Morgan fingerprint density at radius 1 is 1.12 bits per heavy atom. The molecule has 25 heavy (non-hydrogen) atoms. The molecule has 0 aliphatic carbocycles. The van der Waals surface area contributed by atoms with Crippen LogP contribution >= 0.6 is 0 Å². The van der Waals surface area contributed by atoms with E-state index in [9.17, 15) is 13.2 Å². The maximum Gasteiger partial charge on any atom is 0.264 e. The van der Waals surface area contributed by atoms with Crippen LogP contribution in [0.5, 0.6) is 5.75 Å². The van der Waals surface area contributed by atoms with Crippen molar-refractivity contribution >= 4 is 21.6 Å². The second-order valence-corrected chi connectivity index (χ2v) is 7.26. The van der Waals surface area contributed by atoms with Crippen molar-refractivity contribution in [1.82, 2.24) is 5.32 Å². The molecule has 0 spiro atoms. The number of likely N-dealkylation sites (N-methyl/N-ethyl adjacent to an activating group) is 1. The van der Waals surface area contributed by atoms with E-state index in [4.69, 9.17) is 4.74 Å². The van der Waals surface area contributed by atoms with Crippen molar-refractivity contribution < 1.29 is 17.9 Å². The third-order valence-corrected chi connectivity index (χ3v) is 5.38. The molecule has 6 nitrogen and oxygen atoms in total. The predicted octanol–water partition coefficient (Wildman–Crippen LogP) is 2.34. The van der Waals surface area contributed by atoms with Gasteiger partial charge in [0.15, 0.2) is 0 Å².